The van der Waals surface area contributed by atoms with Gasteiger partial charge in [-0.2, -0.15) is 0 Å². The van der Waals surface area contributed by atoms with E-state index in [1.165, 1.54) is 4.90 Å². The Morgan fingerprint density at radius 2 is 2.05 bits per heavy atom. The second-order valence-electron chi connectivity index (χ2n) is 4.18. The van der Waals surface area contributed by atoms with E-state index in [-0.39, 0.29) is 5.56 Å². The van der Waals surface area contributed by atoms with Gasteiger partial charge in [-0.05, 0) is 36.1 Å². The zero-order valence-corrected chi connectivity index (χ0v) is 11.9. The Bertz CT molecular complexity index is 621. The average Bonchev–Trinajstić information content (AvgIpc) is 2.48. The van der Waals surface area contributed by atoms with Gasteiger partial charge in [0.15, 0.2) is 0 Å². The van der Waals surface area contributed by atoms with Crippen LogP contribution in [0.1, 0.15) is 21.6 Å². The highest BCUT2D eigenvalue weighted by molar-refractivity contribution is 7.98. The van der Waals surface area contributed by atoms with Crippen LogP contribution in [0, 0.1) is 0 Å². The molecule has 1 aromatic heterocycles. The minimum atomic E-state index is -0.939. The van der Waals surface area contributed by atoms with Crippen LogP contribution in [0.5, 0.6) is 0 Å². The van der Waals surface area contributed by atoms with Gasteiger partial charge in [-0.3, -0.25) is 4.98 Å². The van der Waals surface area contributed by atoms with Crippen LogP contribution in [-0.4, -0.2) is 22.3 Å². The Morgan fingerprint density at radius 3 is 2.70 bits per heavy atom. The van der Waals surface area contributed by atoms with E-state index in [2.05, 4.69) is 17.1 Å². The van der Waals surface area contributed by atoms with Gasteiger partial charge in [-0.1, -0.05) is 24.3 Å². The lowest BCUT2D eigenvalue weighted by atomic mass is 10.1. The number of carbonyl (C=O) groups is 1. The molecule has 0 radical (unpaired) electrons. The van der Waals surface area contributed by atoms with Gasteiger partial charge >= 0.3 is 5.97 Å². The first kappa shape index (κ1) is 14.3. The second-order valence-corrected chi connectivity index (χ2v) is 5.06. The highest BCUT2D eigenvalue weighted by Crippen LogP contribution is 2.16. The minimum absolute atomic E-state index is 0.259. The summed E-state index contributed by atoms with van der Waals surface area (Å²) < 4.78 is 0. The fraction of sp³-hybridized carbons (Fsp3) is 0.125. The van der Waals surface area contributed by atoms with E-state index in [1.807, 2.05) is 30.5 Å². The maximum atomic E-state index is 11.1. The predicted octanol–water partition coefficient (Wildman–Crippen LogP) is 3.76. The van der Waals surface area contributed by atoms with Crippen LogP contribution in [-0.2, 0) is 6.42 Å². The smallest absolute Gasteiger partial charge is 0.337 e. The fourth-order valence-electron chi connectivity index (χ4n) is 1.82. The zero-order chi connectivity index (χ0) is 14.4. The Labute approximate surface area is 122 Å². The number of aromatic carboxylic acids is 1. The molecule has 0 spiro atoms. The number of nitrogens with zero attached hydrogens (tertiary/aromatic N) is 1. The Balaban J connectivity index is 2.08. The molecule has 0 unspecified atom stereocenters. The molecule has 1 aromatic carbocycles. The van der Waals surface area contributed by atoms with Crippen LogP contribution in [0.25, 0.3) is 6.08 Å². The van der Waals surface area contributed by atoms with Gasteiger partial charge in [-0.25, -0.2) is 4.79 Å². The summed E-state index contributed by atoms with van der Waals surface area (Å²) in [5.74, 6) is -0.939. The van der Waals surface area contributed by atoms with Crippen molar-refractivity contribution in [2.75, 3.05) is 6.26 Å². The summed E-state index contributed by atoms with van der Waals surface area (Å²) in [5.41, 5.74) is 1.93. The summed E-state index contributed by atoms with van der Waals surface area (Å²) >= 11 is 1.70. The molecule has 0 atom stereocenters. The first-order chi connectivity index (χ1) is 9.70. The van der Waals surface area contributed by atoms with Crippen molar-refractivity contribution >= 4 is 23.8 Å². The molecule has 0 bridgehead atoms. The van der Waals surface area contributed by atoms with Crippen LogP contribution < -0.4 is 0 Å². The van der Waals surface area contributed by atoms with Crippen LogP contribution in [0.2, 0.25) is 0 Å². The maximum Gasteiger partial charge on any atom is 0.337 e. The molecule has 20 heavy (non-hydrogen) atoms. The van der Waals surface area contributed by atoms with Crippen molar-refractivity contribution < 1.29 is 9.90 Å². The predicted molar refractivity (Wildman–Crippen MR) is 82.2 cm³/mol. The SMILES string of the molecule is CSc1ccc(/C=C/Cc2ncccc2C(=O)O)cc1. The Hall–Kier alpha value is -2.07. The Kier molecular flexibility index (Phi) is 4.96. The standard InChI is InChI=1S/C16H15NO2S/c1-20-13-9-7-12(8-10-13)4-2-6-15-14(16(18)19)5-3-11-17-15/h2-5,7-11H,6H2,1H3,(H,18,19)/b4-2+. The number of aromatic nitrogens is 1. The second kappa shape index (κ2) is 6.91. The number of benzene rings is 1. The summed E-state index contributed by atoms with van der Waals surface area (Å²) in [4.78, 5) is 16.4. The molecule has 0 amide bonds. The molecule has 1 N–H and O–H groups in total. The molecule has 2 rings (SSSR count). The van der Waals surface area contributed by atoms with Gasteiger partial charge in [0, 0.05) is 17.5 Å². The minimum Gasteiger partial charge on any atom is -0.478 e. The van der Waals surface area contributed by atoms with E-state index in [1.54, 1.807) is 30.1 Å². The van der Waals surface area contributed by atoms with Crippen LogP contribution >= 0.6 is 11.8 Å². The number of carboxylic acid groups (broad SMARTS) is 1. The third kappa shape index (κ3) is 3.71. The van der Waals surface area contributed by atoms with Crippen LogP contribution in [0.15, 0.2) is 53.6 Å². The van der Waals surface area contributed by atoms with E-state index < -0.39 is 5.97 Å². The molecule has 2 aromatic rings. The molecule has 0 aliphatic rings. The Morgan fingerprint density at radius 1 is 1.30 bits per heavy atom. The molecule has 0 aliphatic carbocycles. The summed E-state index contributed by atoms with van der Waals surface area (Å²) in [5, 5.41) is 9.07. The van der Waals surface area contributed by atoms with E-state index in [0.717, 1.165) is 5.56 Å². The van der Waals surface area contributed by atoms with Gasteiger partial charge in [-0.15, -0.1) is 11.8 Å². The van der Waals surface area contributed by atoms with Gasteiger partial charge in [0.1, 0.15) is 0 Å². The van der Waals surface area contributed by atoms with Gasteiger partial charge in [0.05, 0.1) is 11.3 Å². The fourth-order valence-corrected chi connectivity index (χ4v) is 2.23. The quantitative estimate of drug-likeness (QED) is 0.850. The molecule has 0 fully saturated rings. The first-order valence-electron chi connectivity index (χ1n) is 6.18. The zero-order valence-electron chi connectivity index (χ0n) is 11.1. The lowest BCUT2D eigenvalue weighted by Crippen LogP contribution is -2.03. The van der Waals surface area contributed by atoms with Gasteiger partial charge < -0.3 is 5.11 Å². The normalized spacial score (nSPS) is 10.8. The number of pyridine rings is 1. The maximum absolute atomic E-state index is 11.1. The van der Waals surface area contributed by atoms with E-state index in [0.29, 0.717) is 12.1 Å². The van der Waals surface area contributed by atoms with Crippen LogP contribution in [0.4, 0.5) is 0 Å². The monoisotopic (exact) mass is 285 g/mol. The summed E-state index contributed by atoms with van der Waals surface area (Å²) in [7, 11) is 0. The number of allylic oxidation sites excluding steroid dienone is 1. The third-order valence-corrected chi connectivity index (χ3v) is 3.60. The third-order valence-electron chi connectivity index (χ3n) is 2.86. The van der Waals surface area contributed by atoms with Crippen molar-refractivity contribution in [2.24, 2.45) is 0 Å². The lowest BCUT2D eigenvalue weighted by Gasteiger charge is -2.01. The van der Waals surface area contributed by atoms with Crippen molar-refractivity contribution in [1.82, 2.24) is 4.98 Å². The van der Waals surface area contributed by atoms with Crippen molar-refractivity contribution in [3.05, 3.63) is 65.5 Å². The highest BCUT2D eigenvalue weighted by Gasteiger charge is 2.08. The molecule has 102 valence electrons. The molecule has 3 nitrogen and oxygen atoms in total. The van der Waals surface area contributed by atoms with E-state index >= 15 is 0 Å². The number of hydrogen-bond donors (Lipinski definition) is 1. The number of thioether (sulfide) groups is 1. The van der Waals surface area contributed by atoms with Crippen molar-refractivity contribution in [2.45, 2.75) is 11.3 Å². The van der Waals surface area contributed by atoms with E-state index in [9.17, 15) is 4.79 Å². The average molecular weight is 285 g/mol. The van der Waals surface area contributed by atoms with Gasteiger partial charge in [0.25, 0.3) is 0 Å². The summed E-state index contributed by atoms with van der Waals surface area (Å²) in [6.07, 6.45) is 8.07. The summed E-state index contributed by atoms with van der Waals surface area (Å²) in [6, 6.07) is 11.4. The van der Waals surface area contributed by atoms with E-state index in [4.69, 9.17) is 5.11 Å². The van der Waals surface area contributed by atoms with Crippen LogP contribution in [0.3, 0.4) is 0 Å². The number of hydrogen-bond acceptors (Lipinski definition) is 3. The highest BCUT2D eigenvalue weighted by atomic mass is 32.2. The molecule has 0 saturated heterocycles. The number of carboxylic acids is 1. The lowest BCUT2D eigenvalue weighted by molar-refractivity contribution is 0.0695. The van der Waals surface area contributed by atoms with Crippen molar-refractivity contribution in [3.8, 4) is 0 Å². The van der Waals surface area contributed by atoms with Crippen molar-refractivity contribution in [3.63, 3.8) is 0 Å². The first-order valence-corrected chi connectivity index (χ1v) is 7.41. The largest absolute Gasteiger partial charge is 0.478 e. The topological polar surface area (TPSA) is 50.2 Å². The molecular formula is C16H15NO2S. The van der Waals surface area contributed by atoms with Crippen molar-refractivity contribution in [1.29, 1.82) is 0 Å². The van der Waals surface area contributed by atoms with Gasteiger partial charge in [0.2, 0.25) is 0 Å². The number of rotatable bonds is 5. The molecule has 1 heterocycles. The molecule has 0 saturated carbocycles. The summed E-state index contributed by atoms with van der Waals surface area (Å²) in [6.45, 7) is 0. The molecule has 4 heteroatoms. The molecular weight excluding hydrogens is 270 g/mol. The molecule has 0 aliphatic heterocycles.